The van der Waals surface area contributed by atoms with Gasteiger partial charge in [-0.15, -0.1) is 0 Å². The van der Waals surface area contributed by atoms with Crippen LogP contribution in [-0.2, 0) is 0 Å². The number of rotatable bonds is 2. The molecule has 1 saturated heterocycles. The zero-order valence-corrected chi connectivity index (χ0v) is 16.4. The summed E-state index contributed by atoms with van der Waals surface area (Å²) in [5.41, 5.74) is 3.05. The molecule has 0 radical (unpaired) electrons. The molecule has 0 spiro atoms. The Kier molecular flexibility index (Phi) is 5.74. The Hall–Kier alpha value is -1.17. The highest BCUT2D eigenvalue weighted by atomic mass is 79.9. The first-order valence-corrected chi connectivity index (χ1v) is 10.0. The van der Waals surface area contributed by atoms with E-state index < -0.39 is 0 Å². The lowest BCUT2D eigenvalue weighted by molar-refractivity contribution is 0.196. The Balaban J connectivity index is 1.79. The molecule has 0 unspecified atom stereocenters. The average Bonchev–Trinajstić information content (AvgIpc) is 2.58. The SMILES string of the molecule is Cc1ccc(NC(=O)N2CCSC[C@@H]2c2ccc(Cl)cc2)c(Br)c1. The highest BCUT2D eigenvalue weighted by Crippen LogP contribution is 2.31. The number of aryl methyl sites for hydroxylation is 1. The topological polar surface area (TPSA) is 32.3 Å². The smallest absolute Gasteiger partial charge is 0.316 e. The Labute approximate surface area is 159 Å². The fourth-order valence-electron chi connectivity index (χ4n) is 2.72. The third-order valence-corrected chi connectivity index (χ3v) is 5.94. The van der Waals surface area contributed by atoms with Crippen LogP contribution in [0.4, 0.5) is 10.5 Å². The molecule has 3 nitrogen and oxygen atoms in total. The maximum Gasteiger partial charge on any atom is 0.322 e. The first-order valence-electron chi connectivity index (χ1n) is 7.71. The van der Waals surface area contributed by atoms with Crippen molar-refractivity contribution in [3.8, 4) is 0 Å². The van der Waals surface area contributed by atoms with Crippen LogP contribution >= 0.6 is 39.3 Å². The summed E-state index contributed by atoms with van der Waals surface area (Å²) in [6, 6.07) is 13.7. The van der Waals surface area contributed by atoms with Gasteiger partial charge in [0.05, 0.1) is 11.7 Å². The van der Waals surface area contributed by atoms with Crippen LogP contribution in [0.2, 0.25) is 5.02 Å². The van der Waals surface area contributed by atoms with E-state index >= 15 is 0 Å². The van der Waals surface area contributed by atoms with Crippen LogP contribution in [0.15, 0.2) is 46.9 Å². The monoisotopic (exact) mass is 424 g/mol. The van der Waals surface area contributed by atoms with Crippen LogP contribution in [0.25, 0.3) is 0 Å². The fourth-order valence-corrected chi connectivity index (χ4v) is 4.52. The van der Waals surface area contributed by atoms with Gasteiger partial charge in [0.1, 0.15) is 0 Å². The van der Waals surface area contributed by atoms with Crippen molar-refractivity contribution in [1.29, 1.82) is 0 Å². The van der Waals surface area contributed by atoms with E-state index in [4.69, 9.17) is 11.6 Å². The molecule has 126 valence electrons. The van der Waals surface area contributed by atoms with Gasteiger partial charge in [-0.2, -0.15) is 11.8 Å². The van der Waals surface area contributed by atoms with E-state index in [0.717, 1.165) is 39.3 Å². The minimum atomic E-state index is -0.0696. The standard InChI is InChI=1S/C18H18BrClN2OS/c1-12-2-7-16(15(19)10-12)21-18(23)22-8-9-24-11-17(22)13-3-5-14(20)6-4-13/h2-7,10,17H,8-9,11H2,1H3,(H,21,23)/t17-/m1/s1. The first-order chi connectivity index (χ1) is 11.5. The van der Waals surface area contributed by atoms with E-state index in [9.17, 15) is 4.79 Å². The van der Waals surface area contributed by atoms with E-state index in [1.807, 2.05) is 66.1 Å². The van der Waals surface area contributed by atoms with Gasteiger partial charge in [-0.05, 0) is 58.2 Å². The molecule has 1 aliphatic heterocycles. The van der Waals surface area contributed by atoms with E-state index in [2.05, 4.69) is 21.2 Å². The molecule has 1 N–H and O–H groups in total. The minimum Gasteiger partial charge on any atom is -0.316 e. The normalized spacial score (nSPS) is 17.6. The summed E-state index contributed by atoms with van der Waals surface area (Å²) >= 11 is 11.4. The number of hydrogen-bond donors (Lipinski definition) is 1. The lowest BCUT2D eigenvalue weighted by Gasteiger charge is -2.35. The van der Waals surface area contributed by atoms with Crippen molar-refractivity contribution in [3.63, 3.8) is 0 Å². The van der Waals surface area contributed by atoms with Gasteiger partial charge >= 0.3 is 6.03 Å². The molecule has 2 aromatic carbocycles. The molecule has 1 heterocycles. The van der Waals surface area contributed by atoms with Crippen molar-refractivity contribution in [1.82, 2.24) is 4.90 Å². The molecule has 3 rings (SSSR count). The molecule has 24 heavy (non-hydrogen) atoms. The van der Waals surface area contributed by atoms with Crippen molar-refractivity contribution in [2.75, 3.05) is 23.4 Å². The van der Waals surface area contributed by atoms with Gasteiger partial charge in [-0.3, -0.25) is 0 Å². The maximum atomic E-state index is 12.8. The molecule has 1 atom stereocenters. The fraction of sp³-hybridized carbons (Fsp3) is 0.278. The van der Waals surface area contributed by atoms with Crippen LogP contribution in [0.1, 0.15) is 17.2 Å². The number of carbonyl (C=O) groups is 1. The van der Waals surface area contributed by atoms with Gasteiger partial charge in [0.25, 0.3) is 0 Å². The Bertz CT molecular complexity index is 738. The van der Waals surface area contributed by atoms with Gasteiger partial charge in [-0.1, -0.05) is 29.8 Å². The number of benzene rings is 2. The van der Waals surface area contributed by atoms with Crippen molar-refractivity contribution in [2.45, 2.75) is 13.0 Å². The number of nitrogens with one attached hydrogen (secondary N) is 1. The Morgan fingerprint density at radius 3 is 2.75 bits per heavy atom. The molecule has 6 heteroatoms. The van der Waals surface area contributed by atoms with E-state index in [1.165, 1.54) is 0 Å². The average molecular weight is 426 g/mol. The van der Waals surface area contributed by atoms with Crippen LogP contribution in [0, 0.1) is 6.92 Å². The number of carbonyl (C=O) groups excluding carboxylic acids is 1. The zero-order chi connectivity index (χ0) is 17.1. The van der Waals surface area contributed by atoms with Crippen LogP contribution in [0.3, 0.4) is 0 Å². The number of anilines is 1. The number of hydrogen-bond acceptors (Lipinski definition) is 2. The molecule has 0 saturated carbocycles. The summed E-state index contributed by atoms with van der Waals surface area (Å²) in [6.45, 7) is 2.75. The van der Waals surface area contributed by atoms with Gasteiger partial charge in [0, 0.05) is 27.5 Å². The molecule has 2 amide bonds. The third kappa shape index (κ3) is 4.08. The Morgan fingerprint density at radius 2 is 2.04 bits per heavy atom. The summed E-state index contributed by atoms with van der Waals surface area (Å²) in [4.78, 5) is 14.7. The largest absolute Gasteiger partial charge is 0.322 e. The molecular formula is C18H18BrClN2OS. The summed E-state index contributed by atoms with van der Waals surface area (Å²) in [5.74, 6) is 1.84. The number of thioether (sulfide) groups is 1. The molecule has 0 bridgehead atoms. The molecular weight excluding hydrogens is 408 g/mol. The second kappa shape index (κ2) is 7.81. The van der Waals surface area contributed by atoms with E-state index in [-0.39, 0.29) is 12.1 Å². The van der Waals surface area contributed by atoms with Crippen molar-refractivity contribution in [2.24, 2.45) is 0 Å². The molecule has 0 aliphatic carbocycles. The van der Waals surface area contributed by atoms with Crippen LogP contribution < -0.4 is 5.32 Å². The first kappa shape index (κ1) is 17.6. The minimum absolute atomic E-state index is 0.0604. The summed E-state index contributed by atoms with van der Waals surface area (Å²) < 4.78 is 0.894. The highest BCUT2D eigenvalue weighted by Gasteiger charge is 2.28. The van der Waals surface area contributed by atoms with Crippen molar-refractivity contribution >= 4 is 51.0 Å². The third-order valence-electron chi connectivity index (χ3n) is 4.01. The van der Waals surface area contributed by atoms with Gasteiger partial charge < -0.3 is 10.2 Å². The van der Waals surface area contributed by atoms with Crippen molar-refractivity contribution < 1.29 is 4.79 Å². The molecule has 1 aliphatic rings. The van der Waals surface area contributed by atoms with E-state index in [0.29, 0.717) is 5.02 Å². The second-order valence-electron chi connectivity index (χ2n) is 5.75. The maximum absolute atomic E-state index is 12.8. The summed E-state index contributed by atoms with van der Waals surface area (Å²) in [6.07, 6.45) is 0. The highest BCUT2D eigenvalue weighted by molar-refractivity contribution is 9.10. The number of amides is 2. The molecule has 2 aromatic rings. The van der Waals surface area contributed by atoms with Crippen LogP contribution in [0.5, 0.6) is 0 Å². The molecule has 0 aromatic heterocycles. The van der Waals surface area contributed by atoms with Gasteiger partial charge in [-0.25, -0.2) is 4.79 Å². The van der Waals surface area contributed by atoms with Gasteiger partial charge in [0.2, 0.25) is 0 Å². The Morgan fingerprint density at radius 1 is 1.29 bits per heavy atom. The predicted octanol–water partition coefficient (Wildman–Crippen LogP) is 5.73. The predicted molar refractivity (Wildman–Crippen MR) is 106 cm³/mol. The number of halogens is 2. The lowest BCUT2D eigenvalue weighted by atomic mass is 10.1. The number of nitrogens with zero attached hydrogens (tertiary/aromatic N) is 1. The van der Waals surface area contributed by atoms with Crippen LogP contribution in [-0.4, -0.2) is 29.0 Å². The zero-order valence-electron chi connectivity index (χ0n) is 13.3. The lowest BCUT2D eigenvalue weighted by Crippen LogP contribution is -2.43. The quantitative estimate of drug-likeness (QED) is 0.666. The second-order valence-corrected chi connectivity index (χ2v) is 8.19. The number of urea groups is 1. The summed E-state index contributed by atoms with van der Waals surface area (Å²) in [7, 11) is 0. The molecule has 1 fully saturated rings. The van der Waals surface area contributed by atoms with Gasteiger partial charge in [0.15, 0.2) is 0 Å². The van der Waals surface area contributed by atoms with E-state index in [1.54, 1.807) is 0 Å². The van der Waals surface area contributed by atoms with Crippen molar-refractivity contribution in [3.05, 3.63) is 63.1 Å². The summed E-state index contributed by atoms with van der Waals surface area (Å²) in [5, 5.41) is 3.73.